The van der Waals surface area contributed by atoms with Crippen LogP contribution in [0.5, 0.6) is 0 Å². The summed E-state index contributed by atoms with van der Waals surface area (Å²) in [5, 5.41) is 4.97. The van der Waals surface area contributed by atoms with Crippen LogP contribution in [0.25, 0.3) is 44.6 Å². The SMILES string of the molecule is Cc1c(-c2ccccn2)nc2cc(F)cc(F)c2c1Cl.Cc1c(-c2ccccn2)nc2cc(F)cc(F)c2c1Nc1cc(N2CCOCC2)ccc1Cl.Nc1cc(N2CCOCC2)ccc1Cl. The molecule has 4 aromatic heterocycles. The maximum absolute atomic E-state index is 15.0. The number of morpholine rings is 2. The summed E-state index contributed by atoms with van der Waals surface area (Å²) in [7, 11) is 0. The number of pyridine rings is 4. The molecule has 2 aliphatic heterocycles. The lowest BCUT2D eigenvalue weighted by atomic mass is 10.0. The summed E-state index contributed by atoms with van der Waals surface area (Å²) < 4.78 is 67.0. The minimum absolute atomic E-state index is 0.130. The van der Waals surface area contributed by atoms with Crippen LogP contribution in [0, 0.1) is 37.1 Å². The number of nitrogens with two attached hydrogens (primary N) is 1. The van der Waals surface area contributed by atoms with E-state index in [0.29, 0.717) is 74.2 Å². The minimum atomic E-state index is -0.715. The number of nitrogens with one attached hydrogen (secondary N) is 1. The van der Waals surface area contributed by atoms with Crippen molar-refractivity contribution in [1.29, 1.82) is 0 Å². The Balaban J connectivity index is 0.000000151. The van der Waals surface area contributed by atoms with Crippen LogP contribution in [0.15, 0.2) is 109 Å². The van der Waals surface area contributed by atoms with Crippen molar-refractivity contribution in [3.05, 3.63) is 159 Å². The first-order chi connectivity index (χ1) is 32.4. The predicted octanol–water partition coefficient (Wildman–Crippen LogP) is 12.4. The smallest absolute Gasteiger partial charge is 0.137 e. The van der Waals surface area contributed by atoms with Crippen molar-refractivity contribution in [1.82, 2.24) is 19.9 Å². The van der Waals surface area contributed by atoms with Crippen molar-refractivity contribution < 1.29 is 27.0 Å². The zero-order valence-electron chi connectivity index (χ0n) is 36.3. The zero-order chi connectivity index (χ0) is 47.2. The van der Waals surface area contributed by atoms with Gasteiger partial charge in [0.05, 0.1) is 103 Å². The number of rotatable bonds is 6. The highest BCUT2D eigenvalue weighted by molar-refractivity contribution is 6.36. The second-order valence-electron chi connectivity index (χ2n) is 15.5. The third-order valence-electron chi connectivity index (χ3n) is 11.2. The van der Waals surface area contributed by atoms with E-state index in [1.807, 2.05) is 61.5 Å². The third kappa shape index (κ3) is 10.8. The van der Waals surface area contributed by atoms with Gasteiger partial charge in [0.1, 0.15) is 23.3 Å². The fourth-order valence-electron chi connectivity index (χ4n) is 7.74. The van der Waals surface area contributed by atoms with Crippen LogP contribution in [0.2, 0.25) is 15.1 Å². The molecular weight excluding hydrogens is 927 g/mol. The third-order valence-corrected chi connectivity index (χ3v) is 12.3. The molecule has 344 valence electrons. The number of benzene rings is 4. The van der Waals surface area contributed by atoms with Gasteiger partial charge in [0, 0.05) is 79.8 Å². The molecule has 2 saturated heterocycles. The molecule has 17 heteroatoms. The van der Waals surface area contributed by atoms with E-state index >= 15 is 4.39 Å². The van der Waals surface area contributed by atoms with Crippen molar-refractivity contribution in [2.75, 3.05) is 73.5 Å². The van der Waals surface area contributed by atoms with Gasteiger partial charge in [-0.15, -0.1) is 0 Å². The quantitative estimate of drug-likeness (QED) is 0.123. The molecule has 2 aliphatic rings. The molecule has 0 aliphatic carbocycles. The van der Waals surface area contributed by atoms with E-state index in [1.54, 1.807) is 37.5 Å². The Labute approximate surface area is 399 Å². The lowest BCUT2D eigenvalue weighted by Gasteiger charge is -2.29. The van der Waals surface area contributed by atoms with Gasteiger partial charge in [0.2, 0.25) is 0 Å². The first-order valence-corrected chi connectivity index (χ1v) is 22.3. The highest BCUT2D eigenvalue weighted by Gasteiger charge is 2.21. The fraction of sp³-hybridized carbons (Fsp3) is 0.200. The van der Waals surface area contributed by atoms with Crippen LogP contribution in [0.4, 0.5) is 46.0 Å². The van der Waals surface area contributed by atoms with E-state index in [4.69, 9.17) is 50.0 Å². The molecule has 0 bridgehead atoms. The predicted molar refractivity (Wildman–Crippen MR) is 261 cm³/mol. The highest BCUT2D eigenvalue weighted by atomic mass is 35.5. The van der Waals surface area contributed by atoms with Gasteiger partial charge in [0.15, 0.2) is 0 Å². The normalized spacial score (nSPS) is 13.7. The molecule has 8 aromatic rings. The first-order valence-electron chi connectivity index (χ1n) is 21.2. The molecule has 2 fully saturated rings. The largest absolute Gasteiger partial charge is 0.397 e. The number of hydrogen-bond acceptors (Lipinski definition) is 10. The van der Waals surface area contributed by atoms with Crippen LogP contribution >= 0.6 is 34.8 Å². The summed E-state index contributed by atoms with van der Waals surface area (Å²) in [4.78, 5) is 21.9. The maximum atomic E-state index is 15.0. The van der Waals surface area contributed by atoms with Gasteiger partial charge in [0.25, 0.3) is 0 Å². The highest BCUT2D eigenvalue weighted by Crippen LogP contribution is 2.39. The van der Waals surface area contributed by atoms with Gasteiger partial charge in [-0.05, 0) is 80.1 Å². The standard InChI is InChI=1S/C25H21ClF2N4O.C15H9ClF2N2.C10H13ClN2O/c1-15-24(20-4-2-3-7-29-20)31-22-13-16(27)12-19(28)23(22)25(15)30-21-14-17(5-6-18(21)26)32-8-10-33-11-9-32;1-8-14(16)13-10(18)6-9(17)7-12(13)20-15(8)11-4-2-3-5-19-11;11-9-2-1-8(7-10(9)12)13-3-5-14-6-4-13/h2-7,12-14H,8-11H2,1H3,(H,30,31);2-7H,1H3;1-2,7H,3-6,12H2. The number of anilines is 5. The summed E-state index contributed by atoms with van der Waals surface area (Å²) >= 11 is 18.6. The average molecular weight is 970 g/mol. The number of hydrogen-bond donors (Lipinski definition) is 2. The minimum Gasteiger partial charge on any atom is -0.397 e. The summed E-state index contributed by atoms with van der Waals surface area (Å²) in [6.45, 7) is 9.83. The molecule has 0 saturated carbocycles. The Kier molecular flexibility index (Phi) is 14.9. The summed E-state index contributed by atoms with van der Waals surface area (Å²) in [5.41, 5.74) is 13.5. The van der Waals surface area contributed by atoms with Gasteiger partial charge < -0.3 is 30.3 Å². The Morgan fingerprint density at radius 1 is 0.582 bits per heavy atom. The van der Waals surface area contributed by atoms with Crippen molar-refractivity contribution in [3.63, 3.8) is 0 Å². The molecule has 0 radical (unpaired) electrons. The Bertz CT molecular complexity index is 3050. The zero-order valence-corrected chi connectivity index (χ0v) is 38.5. The number of ether oxygens (including phenoxy) is 2. The van der Waals surface area contributed by atoms with Crippen molar-refractivity contribution >= 4 is 85.0 Å². The van der Waals surface area contributed by atoms with Gasteiger partial charge in [-0.2, -0.15) is 0 Å². The Morgan fingerprint density at radius 2 is 1.07 bits per heavy atom. The van der Waals surface area contributed by atoms with Gasteiger partial charge in [-0.25, -0.2) is 27.5 Å². The summed E-state index contributed by atoms with van der Waals surface area (Å²) in [6.07, 6.45) is 3.28. The fourth-order valence-corrected chi connectivity index (χ4v) is 8.30. The average Bonchev–Trinajstić information content (AvgIpc) is 3.33. The first kappa shape index (κ1) is 47.2. The van der Waals surface area contributed by atoms with Crippen LogP contribution in [0.1, 0.15) is 11.1 Å². The molecular formula is C50H43Cl3F4N8O2. The second kappa shape index (κ2) is 21.1. The van der Waals surface area contributed by atoms with E-state index in [9.17, 15) is 13.2 Å². The van der Waals surface area contributed by atoms with Gasteiger partial charge >= 0.3 is 0 Å². The van der Waals surface area contributed by atoms with E-state index in [0.717, 1.165) is 69.0 Å². The van der Waals surface area contributed by atoms with E-state index in [2.05, 4.69) is 35.1 Å². The van der Waals surface area contributed by atoms with Gasteiger partial charge in [-0.1, -0.05) is 46.9 Å². The van der Waals surface area contributed by atoms with Crippen LogP contribution in [-0.4, -0.2) is 72.5 Å². The lowest BCUT2D eigenvalue weighted by molar-refractivity contribution is 0.122. The van der Waals surface area contributed by atoms with E-state index in [1.165, 1.54) is 6.07 Å². The molecule has 0 atom stereocenters. The van der Waals surface area contributed by atoms with Crippen molar-refractivity contribution in [2.45, 2.75) is 13.8 Å². The number of nitrogen functional groups attached to an aromatic ring is 1. The van der Waals surface area contributed by atoms with Gasteiger partial charge in [-0.3, -0.25) is 9.97 Å². The van der Waals surface area contributed by atoms with Crippen molar-refractivity contribution in [3.8, 4) is 22.8 Å². The Morgan fingerprint density at radius 3 is 1.60 bits per heavy atom. The molecule has 10 rings (SSSR count). The topological polar surface area (TPSA) is 115 Å². The number of aromatic nitrogens is 4. The van der Waals surface area contributed by atoms with Crippen molar-refractivity contribution in [2.24, 2.45) is 0 Å². The van der Waals surface area contributed by atoms with E-state index in [-0.39, 0.29) is 26.8 Å². The molecule has 67 heavy (non-hydrogen) atoms. The summed E-state index contributed by atoms with van der Waals surface area (Å²) in [6, 6.07) is 26.3. The molecule has 10 nitrogen and oxygen atoms in total. The lowest BCUT2D eigenvalue weighted by Crippen LogP contribution is -2.36. The van der Waals surface area contributed by atoms with E-state index < -0.39 is 23.3 Å². The second-order valence-corrected chi connectivity index (χ2v) is 16.7. The van der Waals surface area contributed by atoms with Crippen LogP contribution < -0.4 is 20.9 Å². The summed E-state index contributed by atoms with van der Waals surface area (Å²) in [5.74, 6) is -2.79. The molecule has 3 N–H and O–H groups in total. The maximum Gasteiger partial charge on any atom is 0.137 e. The molecule has 6 heterocycles. The number of halogens is 7. The Hall–Kier alpha value is -6.29. The number of nitrogens with zero attached hydrogens (tertiary/aromatic N) is 6. The number of fused-ring (bicyclic) bond motifs is 2. The van der Waals surface area contributed by atoms with Crippen LogP contribution in [-0.2, 0) is 9.47 Å². The molecule has 0 spiro atoms. The van der Waals surface area contributed by atoms with Crippen LogP contribution in [0.3, 0.4) is 0 Å². The monoisotopic (exact) mass is 968 g/mol. The molecule has 0 amide bonds. The molecule has 0 unspecified atom stereocenters. The molecule has 4 aromatic carbocycles.